The highest BCUT2D eigenvalue weighted by molar-refractivity contribution is 5.53. The van der Waals surface area contributed by atoms with E-state index < -0.39 is 11.2 Å². The van der Waals surface area contributed by atoms with Crippen LogP contribution >= 0.6 is 0 Å². The van der Waals surface area contributed by atoms with Gasteiger partial charge in [-0.3, -0.25) is 0 Å². The van der Waals surface area contributed by atoms with Crippen molar-refractivity contribution in [2.75, 3.05) is 0 Å². The summed E-state index contributed by atoms with van der Waals surface area (Å²) in [6.07, 6.45) is -1.83. The lowest BCUT2D eigenvalue weighted by molar-refractivity contribution is -0.742. The first-order valence-corrected chi connectivity index (χ1v) is 1.22. The van der Waals surface area contributed by atoms with E-state index in [1.54, 1.807) is 0 Å². The lowest BCUT2D eigenvalue weighted by Gasteiger charge is -1.60. The van der Waals surface area contributed by atoms with Crippen LogP contribution in [0.25, 0.3) is 0 Å². The van der Waals surface area contributed by atoms with Crippen LogP contribution in [0.5, 0.6) is 0 Å². The molecule has 8 heavy (non-hydrogen) atoms. The van der Waals surface area contributed by atoms with Crippen LogP contribution in [0.2, 0.25) is 0 Å². The van der Waals surface area contributed by atoms with Crippen molar-refractivity contribution < 1.29 is 25.3 Å². The Balaban J connectivity index is 0. The van der Waals surface area contributed by atoms with E-state index in [0.29, 0.717) is 0 Å². The van der Waals surface area contributed by atoms with E-state index in [-0.39, 0.29) is 0 Å². The molecule has 0 aromatic heterocycles. The number of hydrogen-bond donors (Lipinski definition) is 3. The highest BCUT2D eigenvalue weighted by atomic mass is 16.9. The molecule has 0 aliphatic rings. The molecule has 0 fully saturated rings. The molecule has 48 valence electrons. The zero-order valence-electron chi connectivity index (χ0n) is 3.51. The highest BCUT2D eigenvalue weighted by Gasteiger charge is 1.70. The smallest absolute Gasteiger partial charge is 0.450 e. The van der Waals surface area contributed by atoms with Crippen molar-refractivity contribution in [3.8, 4) is 0 Å². The average molecular weight is 125 g/mol. The molecule has 0 atom stereocenters. The standard InChI is InChI=1S/CH2O3.HNO3/c2*2-1(3)4/h(H2,2,3,4);(H,2,3,4). The summed E-state index contributed by atoms with van der Waals surface area (Å²) in [5, 5.41) is 27.6. The molecular formula is CH3NO6. The van der Waals surface area contributed by atoms with Gasteiger partial charge in [0.05, 0.1) is 0 Å². The van der Waals surface area contributed by atoms with Crippen molar-refractivity contribution in [1.82, 2.24) is 0 Å². The average Bonchev–Trinajstić information content (AvgIpc) is 1.25. The predicted octanol–water partition coefficient (Wildman–Crippen LogP) is -0.125. The van der Waals surface area contributed by atoms with E-state index in [1.165, 1.54) is 0 Å². The summed E-state index contributed by atoms with van der Waals surface area (Å²) >= 11 is 0. The molecule has 0 saturated carbocycles. The number of carbonyl (C=O) groups is 1. The topological polar surface area (TPSA) is 121 Å². The Morgan fingerprint density at radius 1 is 1.50 bits per heavy atom. The van der Waals surface area contributed by atoms with Gasteiger partial charge in [0.15, 0.2) is 0 Å². The van der Waals surface area contributed by atoms with Gasteiger partial charge < -0.3 is 15.4 Å². The van der Waals surface area contributed by atoms with Crippen LogP contribution in [0.1, 0.15) is 0 Å². The molecule has 0 aromatic carbocycles. The van der Waals surface area contributed by atoms with E-state index >= 15 is 0 Å². The Bertz CT molecular complexity index is 66.5. The summed E-state index contributed by atoms with van der Waals surface area (Å²) in [5.74, 6) is 0. The van der Waals surface area contributed by atoms with Gasteiger partial charge in [0.1, 0.15) is 0 Å². The molecule has 3 N–H and O–H groups in total. The monoisotopic (exact) mass is 125 g/mol. The first-order chi connectivity index (χ1) is 3.46. The first kappa shape index (κ1) is 9.69. The fourth-order valence-corrected chi connectivity index (χ4v) is 0. The molecule has 0 saturated heterocycles. The van der Waals surface area contributed by atoms with Crippen molar-refractivity contribution in [2.45, 2.75) is 0 Å². The van der Waals surface area contributed by atoms with Gasteiger partial charge in [-0.15, -0.1) is 10.1 Å². The van der Waals surface area contributed by atoms with Gasteiger partial charge in [-0.25, -0.2) is 4.79 Å². The summed E-state index contributed by atoms with van der Waals surface area (Å²) in [4.78, 5) is 16.9. The van der Waals surface area contributed by atoms with Crippen LogP contribution < -0.4 is 0 Å². The fourth-order valence-electron chi connectivity index (χ4n) is 0. The molecule has 0 bridgehead atoms. The van der Waals surface area contributed by atoms with E-state index in [0.717, 1.165) is 0 Å². The van der Waals surface area contributed by atoms with Crippen LogP contribution in [0.4, 0.5) is 4.79 Å². The number of carboxylic acid groups (broad SMARTS) is 2. The van der Waals surface area contributed by atoms with Gasteiger partial charge in [0, 0.05) is 0 Å². The minimum Gasteiger partial charge on any atom is -0.450 e. The summed E-state index contributed by atoms with van der Waals surface area (Å²) in [6.45, 7) is 0. The zero-order valence-corrected chi connectivity index (χ0v) is 3.51. The minimum absolute atomic E-state index is 1.50. The van der Waals surface area contributed by atoms with Gasteiger partial charge >= 0.3 is 6.16 Å². The van der Waals surface area contributed by atoms with Gasteiger partial charge in [-0.05, 0) is 0 Å². The van der Waals surface area contributed by atoms with E-state index in [2.05, 4.69) is 0 Å². The van der Waals surface area contributed by atoms with Crippen molar-refractivity contribution in [3.63, 3.8) is 0 Å². The SMILES string of the molecule is O=C(O)O.O=[N+]([O-])O. The van der Waals surface area contributed by atoms with Gasteiger partial charge in [-0.1, -0.05) is 0 Å². The Morgan fingerprint density at radius 3 is 1.50 bits per heavy atom. The van der Waals surface area contributed by atoms with Crippen molar-refractivity contribution in [3.05, 3.63) is 10.1 Å². The van der Waals surface area contributed by atoms with Gasteiger partial charge in [0.25, 0.3) is 5.09 Å². The van der Waals surface area contributed by atoms with Crippen LogP contribution in [0, 0.1) is 10.1 Å². The normalized spacial score (nSPS) is 6.00. The number of hydrogen-bond acceptors (Lipinski definition) is 3. The number of nitrogens with zero attached hydrogens (tertiary/aromatic N) is 1. The molecule has 0 rings (SSSR count). The second kappa shape index (κ2) is 5.47. The Kier molecular flexibility index (Phi) is 6.62. The Morgan fingerprint density at radius 2 is 1.50 bits per heavy atom. The molecule has 0 spiro atoms. The van der Waals surface area contributed by atoms with Crippen LogP contribution in [-0.4, -0.2) is 26.7 Å². The minimum atomic E-state index is -1.83. The van der Waals surface area contributed by atoms with Crippen LogP contribution in [0.3, 0.4) is 0 Å². The van der Waals surface area contributed by atoms with Crippen LogP contribution in [-0.2, 0) is 0 Å². The lowest BCUT2D eigenvalue weighted by Crippen LogP contribution is -1.81. The second-order valence-corrected chi connectivity index (χ2v) is 0.520. The summed E-state index contributed by atoms with van der Waals surface area (Å²) in [6, 6.07) is 0. The van der Waals surface area contributed by atoms with Crippen molar-refractivity contribution in [1.29, 1.82) is 0 Å². The molecule has 7 nitrogen and oxygen atoms in total. The maximum Gasteiger partial charge on any atom is 0.503 e. The first-order valence-electron chi connectivity index (χ1n) is 1.22. The third kappa shape index (κ3) is 23.0. The molecule has 7 heteroatoms. The van der Waals surface area contributed by atoms with Gasteiger partial charge in [-0.2, -0.15) is 0 Å². The van der Waals surface area contributed by atoms with Gasteiger partial charge in [0.2, 0.25) is 0 Å². The lowest BCUT2D eigenvalue weighted by atomic mass is 11.5. The maximum atomic E-state index is 8.56. The van der Waals surface area contributed by atoms with E-state index in [4.69, 9.17) is 30.3 Å². The fraction of sp³-hybridized carbons (Fsp3) is 0. The third-order valence-electron chi connectivity index (χ3n) is 0. The van der Waals surface area contributed by atoms with E-state index in [9.17, 15) is 0 Å². The Labute approximate surface area is 42.9 Å². The molecule has 0 radical (unpaired) electrons. The van der Waals surface area contributed by atoms with Crippen LogP contribution in [0.15, 0.2) is 0 Å². The molecule has 0 aliphatic carbocycles. The quantitative estimate of drug-likeness (QED) is 0.306. The molecule has 0 unspecified atom stereocenters. The molecule has 0 amide bonds. The summed E-state index contributed by atoms with van der Waals surface area (Å²) in [7, 11) is 0. The van der Waals surface area contributed by atoms with Crippen molar-refractivity contribution in [2.24, 2.45) is 0 Å². The third-order valence-corrected chi connectivity index (χ3v) is 0. The predicted molar refractivity (Wildman–Crippen MR) is 19.4 cm³/mol. The van der Waals surface area contributed by atoms with E-state index in [1.807, 2.05) is 0 Å². The second-order valence-electron chi connectivity index (χ2n) is 0.520. The largest absolute Gasteiger partial charge is 0.503 e. The molecular weight excluding hydrogens is 122 g/mol. The highest BCUT2D eigenvalue weighted by Crippen LogP contribution is 1.42. The number of rotatable bonds is 0. The summed E-state index contributed by atoms with van der Waals surface area (Å²) in [5.41, 5.74) is 0. The molecule has 0 aliphatic heterocycles. The van der Waals surface area contributed by atoms with Crippen molar-refractivity contribution >= 4 is 6.16 Å². The summed E-state index contributed by atoms with van der Waals surface area (Å²) < 4.78 is 0. The Hall–Kier alpha value is -1.53. The maximum absolute atomic E-state index is 8.56. The molecule has 0 heterocycles. The zero-order chi connectivity index (χ0) is 7.15. The molecule has 0 aromatic rings.